The van der Waals surface area contributed by atoms with Gasteiger partial charge in [0.15, 0.2) is 11.6 Å². The molecule has 4 aliphatic heterocycles. The van der Waals surface area contributed by atoms with Gasteiger partial charge in [0.1, 0.15) is 17.9 Å². The van der Waals surface area contributed by atoms with Crippen LogP contribution in [0.5, 0.6) is 0 Å². The number of ether oxygens (including phenoxy) is 2. The number of hydrogen-bond acceptors (Lipinski definition) is 14. The number of aryl methyl sites for hydroxylation is 2. The predicted molar refractivity (Wildman–Crippen MR) is 274 cm³/mol. The Morgan fingerprint density at radius 1 is 0.632 bits per heavy atom. The highest BCUT2D eigenvalue weighted by molar-refractivity contribution is 14.1. The summed E-state index contributed by atoms with van der Waals surface area (Å²) in [4.78, 5) is 119. The smallest absolute Gasteiger partial charge is 0.277 e. The SMILES string of the molecule is NCCOCCCc1cccc2c1C(=O)N(C1CCC(=O)NC1=O)C2=O.O=C1CCC(N2C(=O)c3cccc(CCCOCCCCCCONC(=O)c4ccc(F)c(F)c4Nc4ccc(I)cc4F)c3C2=O)C(=O)N1. The maximum absolute atomic E-state index is 14.6. The van der Waals surface area contributed by atoms with E-state index in [1.54, 1.807) is 42.5 Å². The Morgan fingerprint density at radius 2 is 1.16 bits per heavy atom. The van der Waals surface area contributed by atoms with Crippen molar-refractivity contribution in [3.8, 4) is 0 Å². The van der Waals surface area contributed by atoms with Crippen LogP contribution in [0.1, 0.15) is 127 Å². The monoisotopic (exact) mass is 1170 g/mol. The number of fused-ring (bicyclic) bond motifs is 2. The first-order valence-electron chi connectivity index (χ1n) is 24.8. The van der Waals surface area contributed by atoms with E-state index in [2.05, 4.69) is 21.4 Å². The van der Waals surface area contributed by atoms with Crippen LogP contribution in [0.3, 0.4) is 0 Å². The highest BCUT2D eigenvalue weighted by Crippen LogP contribution is 2.33. The number of hydrogen-bond donors (Lipinski definition) is 5. The molecule has 19 nitrogen and oxygen atoms in total. The van der Waals surface area contributed by atoms with E-state index in [-0.39, 0.29) is 55.0 Å². The molecule has 4 aliphatic rings. The molecule has 8 rings (SSSR count). The first kappa shape index (κ1) is 56.8. The van der Waals surface area contributed by atoms with Crippen molar-refractivity contribution in [2.24, 2.45) is 5.73 Å². The molecular weight excluding hydrogens is 1110 g/mol. The van der Waals surface area contributed by atoms with Crippen molar-refractivity contribution >= 4 is 87.1 Å². The van der Waals surface area contributed by atoms with Crippen LogP contribution in [-0.4, -0.2) is 115 Å². The summed E-state index contributed by atoms with van der Waals surface area (Å²) in [5, 5.41) is 6.85. The fraction of sp³-hybridized carbons (Fsp3) is 0.377. The van der Waals surface area contributed by atoms with Gasteiger partial charge in [-0.2, -0.15) is 0 Å². The van der Waals surface area contributed by atoms with E-state index in [0.717, 1.165) is 46.8 Å². The molecule has 0 saturated carbocycles. The lowest BCUT2D eigenvalue weighted by Gasteiger charge is -2.27. The predicted octanol–water partition coefficient (Wildman–Crippen LogP) is 5.72. The van der Waals surface area contributed by atoms with Crippen molar-refractivity contribution in [2.45, 2.75) is 89.1 Å². The van der Waals surface area contributed by atoms with E-state index in [0.29, 0.717) is 90.9 Å². The van der Waals surface area contributed by atoms with Crippen LogP contribution in [0.15, 0.2) is 66.7 Å². The van der Waals surface area contributed by atoms with E-state index >= 15 is 0 Å². The number of imide groups is 4. The van der Waals surface area contributed by atoms with Crippen molar-refractivity contribution < 1.29 is 70.6 Å². The summed E-state index contributed by atoms with van der Waals surface area (Å²) in [6.07, 6.45) is 5.78. The topological polar surface area (TPSA) is 262 Å². The number of piperidine rings is 2. The van der Waals surface area contributed by atoms with Gasteiger partial charge in [-0.25, -0.2) is 18.7 Å². The standard InChI is InChI=1S/C35H34F3IN4O7.C18H21N3O5/c36-24-12-11-23(31(30(24)38)40-26-13-10-21(39)19-25(26)37)32(45)42-50-18-4-2-1-3-16-49-17-6-8-20-7-5-9-22-29(20)35(48)43(34(22)47)27-14-15-28(44)41-33(27)46;19-8-10-26-9-2-4-11-3-1-5-12-15(11)18(25)21(17(12)24)13-6-7-14(22)20-16(13)23/h5,7,9-13,19,27,40H,1-4,6,8,14-18H2,(H,42,45)(H,41,44,46);1,3,5,13H,2,4,6-10,19H2,(H,20,22,23). The number of nitrogens with zero attached hydrogens (tertiary/aromatic N) is 2. The summed E-state index contributed by atoms with van der Waals surface area (Å²) in [6, 6.07) is 14.2. The van der Waals surface area contributed by atoms with E-state index in [9.17, 15) is 56.3 Å². The first-order chi connectivity index (χ1) is 36.6. The lowest BCUT2D eigenvalue weighted by Crippen LogP contribution is -2.54. The molecule has 2 fully saturated rings. The zero-order valence-electron chi connectivity index (χ0n) is 41.1. The maximum Gasteiger partial charge on any atom is 0.277 e. The molecule has 6 N–H and O–H groups in total. The highest BCUT2D eigenvalue weighted by atomic mass is 127. The number of benzene rings is 4. The molecule has 2 unspecified atom stereocenters. The summed E-state index contributed by atoms with van der Waals surface area (Å²) in [5.41, 5.74) is 9.34. The molecule has 0 bridgehead atoms. The van der Waals surface area contributed by atoms with Gasteiger partial charge in [0.2, 0.25) is 23.6 Å². The molecule has 9 amide bonds. The molecule has 76 heavy (non-hydrogen) atoms. The molecule has 2 atom stereocenters. The van der Waals surface area contributed by atoms with Gasteiger partial charge in [-0.05, 0) is 128 Å². The molecule has 0 radical (unpaired) electrons. The van der Waals surface area contributed by atoms with E-state index in [1.807, 2.05) is 22.6 Å². The number of carbonyl (C=O) groups excluding carboxylic acids is 9. The fourth-order valence-electron chi connectivity index (χ4n) is 9.09. The Hall–Kier alpha value is -6.93. The zero-order chi connectivity index (χ0) is 54.5. The molecule has 23 heteroatoms. The van der Waals surface area contributed by atoms with Crippen LogP contribution < -0.4 is 27.2 Å². The lowest BCUT2D eigenvalue weighted by atomic mass is 9.99. The highest BCUT2D eigenvalue weighted by Gasteiger charge is 2.47. The molecule has 4 heterocycles. The minimum atomic E-state index is -1.33. The number of amides is 9. The number of carbonyl (C=O) groups is 9. The second-order valence-electron chi connectivity index (χ2n) is 18.0. The van der Waals surface area contributed by atoms with Gasteiger partial charge in [-0.1, -0.05) is 37.1 Å². The van der Waals surface area contributed by atoms with Crippen molar-refractivity contribution in [2.75, 3.05) is 44.9 Å². The van der Waals surface area contributed by atoms with Crippen LogP contribution in [-0.2, 0) is 46.3 Å². The van der Waals surface area contributed by atoms with E-state index in [1.165, 1.54) is 12.1 Å². The largest absolute Gasteiger partial charge is 0.381 e. The van der Waals surface area contributed by atoms with Crippen molar-refractivity contribution in [3.63, 3.8) is 0 Å². The second kappa shape index (κ2) is 26.7. The molecular formula is C53H55F3IN7O12. The summed E-state index contributed by atoms with van der Waals surface area (Å²) < 4.78 is 54.5. The fourth-order valence-corrected chi connectivity index (χ4v) is 9.55. The lowest BCUT2D eigenvalue weighted by molar-refractivity contribution is -0.137. The maximum atomic E-state index is 14.6. The summed E-state index contributed by atoms with van der Waals surface area (Å²) in [6.45, 7) is 2.57. The Kier molecular flexibility index (Phi) is 20.0. The van der Waals surface area contributed by atoms with Gasteiger partial charge < -0.3 is 20.5 Å². The third kappa shape index (κ3) is 13.5. The van der Waals surface area contributed by atoms with Gasteiger partial charge in [0.05, 0.1) is 52.4 Å². The average Bonchev–Trinajstić information content (AvgIpc) is 3.82. The minimum Gasteiger partial charge on any atom is -0.381 e. The number of hydroxylamine groups is 1. The quantitative estimate of drug-likeness (QED) is 0.0258. The van der Waals surface area contributed by atoms with Gasteiger partial charge >= 0.3 is 0 Å². The summed E-state index contributed by atoms with van der Waals surface area (Å²) >= 11 is 1.91. The third-order valence-electron chi connectivity index (χ3n) is 12.8. The van der Waals surface area contributed by atoms with E-state index in [4.69, 9.17) is 20.0 Å². The normalized spacial score (nSPS) is 17.1. The summed E-state index contributed by atoms with van der Waals surface area (Å²) in [5.74, 6) is -8.13. The first-order valence-corrected chi connectivity index (χ1v) is 25.8. The van der Waals surface area contributed by atoms with Gasteiger partial charge in [0, 0.05) is 42.8 Å². The molecule has 0 aromatic heterocycles. The Morgan fingerprint density at radius 3 is 1.68 bits per heavy atom. The minimum absolute atomic E-state index is 0.0569. The third-order valence-corrected chi connectivity index (χ3v) is 13.5. The van der Waals surface area contributed by atoms with Crippen molar-refractivity contribution in [1.29, 1.82) is 0 Å². The summed E-state index contributed by atoms with van der Waals surface area (Å²) in [7, 11) is 0. The molecule has 0 spiro atoms. The Balaban J connectivity index is 0.000000270. The number of nitrogens with one attached hydrogen (secondary N) is 4. The van der Waals surface area contributed by atoms with Gasteiger partial charge in [-0.15, -0.1) is 0 Å². The number of anilines is 2. The Labute approximate surface area is 448 Å². The number of halogens is 4. The molecule has 0 aliphatic carbocycles. The van der Waals surface area contributed by atoms with Crippen LogP contribution in [0.4, 0.5) is 24.5 Å². The van der Waals surface area contributed by atoms with Crippen LogP contribution >= 0.6 is 22.6 Å². The van der Waals surface area contributed by atoms with E-state index < -0.39 is 82.5 Å². The molecule has 4 aromatic rings. The molecule has 4 aromatic carbocycles. The van der Waals surface area contributed by atoms with Crippen LogP contribution in [0.2, 0.25) is 0 Å². The van der Waals surface area contributed by atoms with Gasteiger partial charge in [-0.3, -0.25) is 68.4 Å². The second-order valence-corrected chi connectivity index (χ2v) is 19.3. The van der Waals surface area contributed by atoms with Gasteiger partial charge in [0.25, 0.3) is 29.5 Å². The average molecular weight is 1170 g/mol. The van der Waals surface area contributed by atoms with Crippen LogP contribution in [0.25, 0.3) is 0 Å². The number of nitrogens with two attached hydrogens (primary N) is 1. The van der Waals surface area contributed by atoms with Crippen molar-refractivity contribution in [1.82, 2.24) is 25.9 Å². The van der Waals surface area contributed by atoms with Crippen LogP contribution in [0, 0.1) is 21.0 Å². The number of unbranched alkanes of at least 4 members (excludes halogenated alkanes) is 3. The molecule has 402 valence electrons. The Bertz CT molecular complexity index is 2930. The zero-order valence-corrected chi connectivity index (χ0v) is 43.3. The molecule has 2 saturated heterocycles. The van der Waals surface area contributed by atoms with Crippen molar-refractivity contribution in [3.05, 3.63) is 127 Å². The number of rotatable bonds is 23.